The van der Waals surface area contributed by atoms with Crippen molar-refractivity contribution in [2.45, 2.75) is 44.3 Å². The molecule has 1 aliphatic heterocycles. The zero-order valence-electron chi connectivity index (χ0n) is 23.4. The lowest BCUT2D eigenvalue weighted by molar-refractivity contribution is 0.00578. The first-order valence-corrected chi connectivity index (χ1v) is 14.2. The van der Waals surface area contributed by atoms with Crippen molar-refractivity contribution in [1.29, 1.82) is 0 Å². The highest BCUT2D eigenvalue weighted by Gasteiger charge is 2.56. The molecule has 2 aliphatic carbocycles. The van der Waals surface area contributed by atoms with Crippen LogP contribution in [0.1, 0.15) is 49.9 Å². The van der Waals surface area contributed by atoms with Crippen LogP contribution in [0.15, 0.2) is 115 Å². The average molecular weight is 518 g/mol. The Labute approximate surface area is 236 Å². The van der Waals surface area contributed by atoms with E-state index in [9.17, 15) is 0 Å². The number of benzene rings is 5. The summed E-state index contributed by atoms with van der Waals surface area (Å²) in [5, 5.41) is 0. The van der Waals surface area contributed by atoms with E-state index in [1.54, 1.807) is 0 Å². The molecule has 1 fully saturated rings. The number of hydrogen-bond acceptors (Lipinski definition) is 2. The Balaban J connectivity index is 1.56. The van der Waals surface area contributed by atoms with Gasteiger partial charge in [0.15, 0.2) is 0 Å². The Morgan fingerprint density at radius 3 is 1.27 bits per heavy atom. The fourth-order valence-corrected chi connectivity index (χ4v) is 7.31. The van der Waals surface area contributed by atoms with Crippen molar-refractivity contribution in [2.24, 2.45) is 0 Å². The summed E-state index contributed by atoms with van der Waals surface area (Å²) in [5.41, 5.74) is 12.4. The normalized spacial score (nSPS) is 18.4. The number of rotatable bonds is 1. The van der Waals surface area contributed by atoms with Gasteiger partial charge in [-0.1, -0.05) is 115 Å². The highest BCUT2D eigenvalue weighted by molar-refractivity contribution is 6.63. The van der Waals surface area contributed by atoms with E-state index in [0.717, 1.165) is 5.46 Å². The molecule has 194 valence electrons. The maximum atomic E-state index is 6.76. The second-order valence-corrected chi connectivity index (χ2v) is 12.3. The van der Waals surface area contributed by atoms with Crippen molar-refractivity contribution >= 4 is 12.6 Å². The highest BCUT2D eigenvalue weighted by atomic mass is 16.7. The predicted octanol–water partition coefficient (Wildman–Crippen LogP) is 8.00. The Morgan fingerprint density at radius 2 is 0.800 bits per heavy atom. The van der Waals surface area contributed by atoms with Gasteiger partial charge in [-0.25, -0.2) is 0 Å². The molecule has 8 rings (SSSR count). The van der Waals surface area contributed by atoms with Gasteiger partial charge in [-0.15, -0.1) is 0 Å². The van der Waals surface area contributed by atoms with Crippen molar-refractivity contribution in [2.75, 3.05) is 0 Å². The summed E-state index contributed by atoms with van der Waals surface area (Å²) in [6.45, 7) is 8.53. The predicted molar refractivity (Wildman–Crippen MR) is 164 cm³/mol. The van der Waals surface area contributed by atoms with Crippen LogP contribution in [0.5, 0.6) is 0 Å². The van der Waals surface area contributed by atoms with Crippen LogP contribution in [0.25, 0.3) is 33.4 Å². The summed E-state index contributed by atoms with van der Waals surface area (Å²) in [5.74, 6) is 0. The van der Waals surface area contributed by atoms with Gasteiger partial charge >= 0.3 is 7.12 Å². The van der Waals surface area contributed by atoms with Gasteiger partial charge in [-0.05, 0) is 88.8 Å². The van der Waals surface area contributed by atoms with Crippen molar-refractivity contribution in [3.8, 4) is 33.4 Å². The van der Waals surface area contributed by atoms with Crippen LogP contribution in [0, 0.1) is 0 Å². The molecule has 40 heavy (non-hydrogen) atoms. The molecule has 0 amide bonds. The Kier molecular flexibility index (Phi) is 4.83. The molecule has 0 atom stereocenters. The molecule has 5 aromatic carbocycles. The fraction of sp³-hybridized carbons (Fsp3) is 0.189. The van der Waals surface area contributed by atoms with E-state index >= 15 is 0 Å². The maximum absolute atomic E-state index is 6.76. The minimum atomic E-state index is -0.543. The van der Waals surface area contributed by atoms with Crippen LogP contribution in [-0.2, 0) is 14.7 Å². The van der Waals surface area contributed by atoms with Crippen LogP contribution < -0.4 is 5.46 Å². The minimum absolute atomic E-state index is 0.436. The molecule has 3 aliphatic rings. The van der Waals surface area contributed by atoms with Crippen molar-refractivity contribution < 1.29 is 9.31 Å². The molecule has 0 unspecified atom stereocenters. The molecule has 2 nitrogen and oxygen atoms in total. The first kappa shape index (κ1) is 23.9. The lowest BCUT2D eigenvalue weighted by Gasteiger charge is -2.36. The first-order valence-electron chi connectivity index (χ1n) is 14.2. The summed E-state index contributed by atoms with van der Waals surface area (Å²) in [7, 11) is -0.476. The quantitative estimate of drug-likeness (QED) is 0.205. The summed E-state index contributed by atoms with van der Waals surface area (Å²) in [6.07, 6.45) is 0. The van der Waals surface area contributed by atoms with E-state index in [2.05, 4.69) is 143 Å². The van der Waals surface area contributed by atoms with E-state index in [1.807, 2.05) is 0 Å². The number of hydrogen-bond donors (Lipinski definition) is 0. The van der Waals surface area contributed by atoms with E-state index in [-0.39, 0.29) is 0 Å². The topological polar surface area (TPSA) is 18.5 Å². The van der Waals surface area contributed by atoms with Crippen LogP contribution in [-0.4, -0.2) is 18.3 Å². The first-order chi connectivity index (χ1) is 19.3. The largest absolute Gasteiger partial charge is 0.495 e. The lowest BCUT2D eigenvalue weighted by atomic mass is 9.61. The van der Waals surface area contributed by atoms with Crippen molar-refractivity contribution in [3.05, 3.63) is 138 Å². The van der Waals surface area contributed by atoms with Crippen LogP contribution >= 0.6 is 0 Å². The third-order valence-electron chi connectivity index (χ3n) is 9.77. The van der Waals surface area contributed by atoms with E-state index in [1.165, 1.54) is 55.6 Å². The molecule has 0 bridgehead atoms. The van der Waals surface area contributed by atoms with Gasteiger partial charge in [0.25, 0.3) is 0 Å². The van der Waals surface area contributed by atoms with Crippen LogP contribution in [0.4, 0.5) is 0 Å². The molecule has 5 aromatic rings. The molecule has 3 heteroatoms. The molecular weight excluding hydrogens is 487 g/mol. The third-order valence-corrected chi connectivity index (χ3v) is 9.77. The Bertz CT molecular complexity index is 1750. The second-order valence-electron chi connectivity index (χ2n) is 12.3. The maximum Gasteiger partial charge on any atom is 0.495 e. The van der Waals surface area contributed by atoms with Gasteiger partial charge in [0.2, 0.25) is 0 Å². The SMILES string of the molecule is CC1(C)OB(c2cccc3c2C2(c4ccccc4-c4ccccc4-c4ccccc42)c2ccccc2-3)OC1(C)C. The summed E-state index contributed by atoms with van der Waals surface area (Å²) in [6, 6.07) is 42.4. The molecule has 0 N–H and O–H groups in total. The van der Waals surface area contributed by atoms with Gasteiger partial charge in [0.05, 0.1) is 16.6 Å². The summed E-state index contributed by atoms with van der Waals surface area (Å²) < 4.78 is 13.5. The lowest BCUT2D eigenvalue weighted by Crippen LogP contribution is -2.42. The molecule has 0 radical (unpaired) electrons. The average Bonchev–Trinajstić information content (AvgIpc) is 3.35. The smallest absolute Gasteiger partial charge is 0.399 e. The fourth-order valence-electron chi connectivity index (χ4n) is 7.31. The molecule has 1 heterocycles. The molecular formula is C37H31BO2. The number of fused-ring (bicyclic) bond motifs is 12. The van der Waals surface area contributed by atoms with Gasteiger partial charge in [0.1, 0.15) is 0 Å². The van der Waals surface area contributed by atoms with E-state index < -0.39 is 23.7 Å². The Hall–Kier alpha value is -3.92. The molecule has 1 spiro atoms. The zero-order valence-corrected chi connectivity index (χ0v) is 23.4. The summed E-state index contributed by atoms with van der Waals surface area (Å²) in [4.78, 5) is 0. The van der Waals surface area contributed by atoms with Gasteiger partial charge in [-0.3, -0.25) is 0 Å². The molecule has 0 saturated carbocycles. The zero-order chi connectivity index (χ0) is 27.3. The van der Waals surface area contributed by atoms with E-state index in [4.69, 9.17) is 9.31 Å². The van der Waals surface area contributed by atoms with Gasteiger partial charge in [-0.2, -0.15) is 0 Å². The van der Waals surface area contributed by atoms with Gasteiger partial charge in [0, 0.05) is 0 Å². The van der Waals surface area contributed by atoms with Gasteiger partial charge < -0.3 is 9.31 Å². The van der Waals surface area contributed by atoms with Crippen LogP contribution in [0.2, 0.25) is 0 Å². The highest BCUT2D eigenvalue weighted by Crippen LogP contribution is 2.61. The monoisotopic (exact) mass is 518 g/mol. The van der Waals surface area contributed by atoms with E-state index in [0.29, 0.717) is 0 Å². The second kappa shape index (κ2) is 8.07. The summed E-state index contributed by atoms with van der Waals surface area (Å²) >= 11 is 0. The Morgan fingerprint density at radius 1 is 0.425 bits per heavy atom. The van der Waals surface area contributed by atoms with Crippen molar-refractivity contribution in [3.63, 3.8) is 0 Å². The third kappa shape index (κ3) is 2.92. The minimum Gasteiger partial charge on any atom is -0.399 e. The standard InChI is InChI=1S/C37H31BO2/c1-35(2)36(3,4)40-38(39-35)33-23-13-19-29-28-18-9-12-22-32(28)37(34(29)33)30-20-10-7-16-26(30)24-14-5-6-15-25(24)27-17-8-11-21-31(27)37/h5-23H,1-4H3. The molecule has 0 aromatic heterocycles. The van der Waals surface area contributed by atoms with Crippen molar-refractivity contribution in [1.82, 2.24) is 0 Å². The van der Waals surface area contributed by atoms with Crippen LogP contribution in [0.3, 0.4) is 0 Å². The molecule has 1 saturated heterocycles.